The average molecular weight is 209 g/mol. The van der Waals surface area contributed by atoms with Crippen molar-refractivity contribution in [1.82, 2.24) is 4.83 Å². The lowest BCUT2D eigenvalue weighted by Crippen LogP contribution is -2.08. The SMILES string of the molecule is O=C(O)Nc1ccc2c(c1)SNN=C2. The molecular weight excluding hydrogens is 202 g/mol. The standard InChI is InChI=1S/C8H7N3O2S/c12-8(13)10-6-2-1-5-4-9-11-14-7(5)3-6/h1-4,10-11H,(H,12,13). The molecule has 1 aromatic rings. The Morgan fingerprint density at radius 2 is 2.43 bits per heavy atom. The second kappa shape index (κ2) is 3.59. The maximum absolute atomic E-state index is 10.4. The van der Waals surface area contributed by atoms with Gasteiger partial charge < -0.3 is 5.11 Å². The molecule has 0 aliphatic carbocycles. The van der Waals surface area contributed by atoms with E-state index in [0.717, 1.165) is 10.5 Å². The second-order valence-corrected chi connectivity index (χ2v) is 3.46. The number of hydrazone groups is 1. The molecule has 1 heterocycles. The molecule has 0 bridgehead atoms. The number of rotatable bonds is 1. The van der Waals surface area contributed by atoms with Crippen LogP contribution in [-0.4, -0.2) is 17.4 Å². The minimum atomic E-state index is -1.06. The van der Waals surface area contributed by atoms with Gasteiger partial charge in [-0.25, -0.2) is 9.63 Å². The summed E-state index contributed by atoms with van der Waals surface area (Å²) in [6, 6.07) is 5.27. The van der Waals surface area contributed by atoms with Gasteiger partial charge in [-0.05, 0) is 12.1 Å². The van der Waals surface area contributed by atoms with Crippen LogP contribution in [0.3, 0.4) is 0 Å². The number of nitrogens with zero attached hydrogens (tertiary/aromatic N) is 1. The molecule has 0 atom stereocenters. The molecule has 0 aromatic heterocycles. The van der Waals surface area contributed by atoms with E-state index in [2.05, 4.69) is 15.2 Å². The normalized spacial score (nSPS) is 12.9. The van der Waals surface area contributed by atoms with Crippen LogP contribution in [0, 0.1) is 0 Å². The number of benzene rings is 1. The Morgan fingerprint density at radius 1 is 1.57 bits per heavy atom. The quantitative estimate of drug-likeness (QED) is 0.616. The van der Waals surface area contributed by atoms with Crippen molar-refractivity contribution in [3.8, 4) is 0 Å². The predicted molar refractivity (Wildman–Crippen MR) is 54.7 cm³/mol. The van der Waals surface area contributed by atoms with Crippen LogP contribution in [-0.2, 0) is 0 Å². The zero-order valence-corrected chi connectivity index (χ0v) is 7.84. The van der Waals surface area contributed by atoms with E-state index in [1.165, 1.54) is 11.9 Å². The predicted octanol–water partition coefficient (Wildman–Crippen LogP) is 1.72. The monoisotopic (exact) mass is 209 g/mol. The van der Waals surface area contributed by atoms with Crippen LogP contribution in [0.4, 0.5) is 10.5 Å². The maximum Gasteiger partial charge on any atom is 0.409 e. The second-order valence-electron chi connectivity index (χ2n) is 2.63. The lowest BCUT2D eigenvalue weighted by atomic mass is 10.2. The van der Waals surface area contributed by atoms with Gasteiger partial charge in [0.1, 0.15) is 0 Å². The van der Waals surface area contributed by atoms with Crippen molar-refractivity contribution in [2.45, 2.75) is 4.90 Å². The Morgan fingerprint density at radius 3 is 3.21 bits per heavy atom. The van der Waals surface area contributed by atoms with Gasteiger partial charge in [-0.15, -0.1) is 0 Å². The molecule has 3 N–H and O–H groups in total. The van der Waals surface area contributed by atoms with Gasteiger partial charge in [-0.3, -0.25) is 5.32 Å². The highest BCUT2D eigenvalue weighted by atomic mass is 32.2. The molecule has 6 heteroatoms. The van der Waals surface area contributed by atoms with Crippen LogP contribution < -0.4 is 10.1 Å². The Hall–Kier alpha value is -1.69. The van der Waals surface area contributed by atoms with E-state index in [0.29, 0.717) is 5.69 Å². The summed E-state index contributed by atoms with van der Waals surface area (Å²) < 4.78 is 0. The highest BCUT2D eigenvalue weighted by Crippen LogP contribution is 2.25. The van der Waals surface area contributed by atoms with Crippen LogP contribution in [0.5, 0.6) is 0 Å². The van der Waals surface area contributed by atoms with Gasteiger partial charge in [-0.1, -0.05) is 6.07 Å². The number of anilines is 1. The molecule has 1 amide bonds. The number of nitrogens with one attached hydrogen (secondary N) is 2. The lowest BCUT2D eigenvalue weighted by molar-refractivity contribution is 0.209. The Kier molecular flexibility index (Phi) is 2.28. The van der Waals surface area contributed by atoms with Crippen molar-refractivity contribution in [2.24, 2.45) is 5.10 Å². The third-order valence-corrected chi connectivity index (χ3v) is 2.45. The first-order valence-corrected chi connectivity index (χ1v) is 4.66. The van der Waals surface area contributed by atoms with Crippen molar-refractivity contribution in [2.75, 3.05) is 5.32 Å². The molecule has 0 radical (unpaired) electrons. The van der Waals surface area contributed by atoms with E-state index in [4.69, 9.17) is 5.11 Å². The zero-order valence-electron chi connectivity index (χ0n) is 7.02. The number of carboxylic acid groups (broad SMARTS) is 1. The molecule has 0 spiro atoms. The Bertz CT molecular complexity index is 406. The van der Waals surface area contributed by atoms with E-state index >= 15 is 0 Å². The molecule has 0 saturated heterocycles. The molecule has 1 aliphatic rings. The molecule has 72 valence electrons. The molecule has 14 heavy (non-hydrogen) atoms. The number of fused-ring (bicyclic) bond motifs is 1. The fraction of sp³-hybridized carbons (Fsp3) is 0. The third-order valence-electron chi connectivity index (χ3n) is 1.68. The van der Waals surface area contributed by atoms with Crippen molar-refractivity contribution in [1.29, 1.82) is 0 Å². The number of carbonyl (C=O) groups is 1. The molecule has 0 fully saturated rings. The highest BCUT2D eigenvalue weighted by molar-refractivity contribution is 7.97. The summed E-state index contributed by atoms with van der Waals surface area (Å²) in [5.41, 5.74) is 1.53. The Labute approximate surface area is 84.3 Å². The van der Waals surface area contributed by atoms with Crippen LogP contribution in [0.25, 0.3) is 0 Å². The first kappa shape index (κ1) is 8.89. The van der Waals surface area contributed by atoms with Crippen molar-refractivity contribution in [3.05, 3.63) is 23.8 Å². The van der Waals surface area contributed by atoms with Crippen LogP contribution in [0.1, 0.15) is 5.56 Å². The fourth-order valence-electron chi connectivity index (χ4n) is 1.10. The number of amides is 1. The number of hydrogen-bond donors (Lipinski definition) is 3. The summed E-state index contributed by atoms with van der Waals surface area (Å²) in [5, 5.41) is 14.7. The van der Waals surface area contributed by atoms with Crippen molar-refractivity contribution < 1.29 is 9.90 Å². The van der Waals surface area contributed by atoms with E-state index in [1.807, 2.05) is 6.07 Å². The number of hydrogen-bond acceptors (Lipinski definition) is 4. The molecule has 1 aromatic carbocycles. The topological polar surface area (TPSA) is 73.7 Å². The van der Waals surface area contributed by atoms with Crippen LogP contribution in [0.15, 0.2) is 28.2 Å². The summed E-state index contributed by atoms with van der Waals surface area (Å²) in [6.45, 7) is 0. The molecule has 0 unspecified atom stereocenters. The fourth-order valence-corrected chi connectivity index (χ4v) is 1.73. The summed E-state index contributed by atoms with van der Waals surface area (Å²) >= 11 is 1.35. The first-order valence-electron chi connectivity index (χ1n) is 3.84. The van der Waals surface area contributed by atoms with Crippen molar-refractivity contribution >= 4 is 29.9 Å². The van der Waals surface area contributed by atoms with Crippen LogP contribution >= 0.6 is 11.9 Å². The van der Waals surface area contributed by atoms with Crippen LogP contribution in [0.2, 0.25) is 0 Å². The lowest BCUT2D eigenvalue weighted by Gasteiger charge is -2.11. The van der Waals surface area contributed by atoms with Gasteiger partial charge in [0.05, 0.1) is 6.21 Å². The van der Waals surface area contributed by atoms with Gasteiger partial charge in [0.25, 0.3) is 0 Å². The van der Waals surface area contributed by atoms with E-state index in [-0.39, 0.29) is 0 Å². The minimum absolute atomic E-state index is 0.556. The first-order chi connectivity index (χ1) is 6.75. The summed E-state index contributed by atoms with van der Waals surface area (Å²) in [7, 11) is 0. The summed E-state index contributed by atoms with van der Waals surface area (Å²) in [6.07, 6.45) is 0.628. The summed E-state index contributed by atoms with van der Waals surface area (Å²) in [5.74, 6) is 0. The van der Waals surface area contributed by atoms with Gasteiger partial charge in [0, 0.05) is 28.1 Å². The maximum atomic E-state index is 10.4. The smallest absolute Gasteiger partial charge is 0.409 e. The van der Waals surface area contributed by atoms with Gasteiger partial charge in [0.2, 0.25) is 0 Å². The molecule has 0 saturated carbocycles. The van der Waals surface area contributed by atoms with Gasteiger partial charge in [0.15, 0.2) is 0 Å². The average Bonchev–Trinajstić information content (AvgIpc) is 2.17. The summed E-state index contributed by atoms with van der Waals surface area (Å²) in [4.78, 5) is 14.1. The van der Waals surface area contributed by atoms with Gasteiger partial charge in [-0.2, -0.15) is 5.10 Å². The largest absolute Gasteiger partial charge is 0.465 e. The molecule has 5 nitrogen and oxygen atoms in total. The molecule has 2 rings (SSSR count). The zero-order chi connectivity index (χ0) is 9.97. The minimum Gasteiger partial charge on any atom is -0.465 e. The third kappa shape index (κ3) is 1.80. The van der Waals surface area contributed by atoms with Gasteiger partial charge >= 0.3 is 6.09 Å². The van der Waals surface area contributed by atoms with Crippen molar-refractivity contribution in [3.63, 3.8) is 0 Å². The highest BCUT2D eigenvalue weighted by Gasteiger charge is 2.07. The van der Waals surface area contributed by atoms with E-state index in [1.54, 1.807) is 18.3 Å². The Balaban J connectivity index is 2.30. The van der Waals surface area contributed by atoms with E-state index < -0.39 is 6.09 Å². The van der Waals surface area contributed by atoms with E-state index in [9.17, 15) is 4.79 Å². The molecule has 1 aliphatic heterocycles. The molecular formula is C8H7N3O2S.